The van der Waals surface area contributed by atoms with Gasteiger partial charge in [-0.2, -0.15) is 0 Å². The third-order valence-electron chi connectivity index (χ3n) is 5.12. The first kappa shape index (κ1) is 21.3. The quantitative estimate of drug-likeness (QED) is 0.492. The largest absolute Gasteiger partial charge is 0.524 e. The maximum absolute atomic E-state index is 11.7. The molecule has 0 aliphatic heterocycles. The van der Waals surface area contributed by atoms with Gasteiger partial charge in [0.25, 0.3) is 0 Å². The Bertz CT molecular complexity index is 1100. The Morgan fingerprint density at radius 2 is 1.14 bits per heavy atom. The van der Waals surface area contributed by atoms with Crippen molar-refractivity contribution in [1.82, 2.24) is 0 Å². The third kappa shape index (κ3) is 4.45. The Kier molecular flexibility index (Phi) is 5.73. The van der Waals surface area contributed by atoms with Crippen molar-refractivity contribution in [3.8, 4) is 28.0 Å². The molecule has 0 amide bonds. The molecule has 3 aromatic rings. The van der Waals surface area contributed by atoms with Crippen LogP contribution in [-0.2, 0) is 4.57 Å². The van der Waals surface area contributed by atoms with Crippen LogP contribution < -0.4 is 4.52 Å². The lowest BCUT2D eigenvalue weighted by atomic mass is 9.85. The van der Waals surface area contributed by atoms with Crippen LogP contribution in [-0.4, -0.2) is 9.79 Å². The normalized spacial score (nSPS) is 11.6. The summed E-state index contributed by atoms with van der Waals surface area (Å²) in [6, 6.07) is 13.8. The number of hydrogen-bond acceptors (Lipinski definition) is 2. The first-order valence-corrected chi connectivity index (χ1v) is 11.1. The molecular formula is C24H27O4P. The van der Waals surface area contributed by atoms with E-state index in [1.807, 2.05) is 26.8 Å². The first-order chi connectivity index (χ1) is 13.5. The smallest absolute Gasteiger partial charge is 0.404 e. The zero-order valence-electron chi connectivity index (χ0n) is 17.7. The highest BCUT2D eigenvalue weighted by Crippen LogP contribution is 2.48. The van der Waals surface area contributed by atoms with Crippen LogP contribution in [0.15, 0.2) is 42.5 Å². The summed E-state index contributed by atoms with van der Waals surface area (Å²) in [6.07, 6.45) is 0. The average Bonchev–Trinajstić information content (AvgIpc) is 2.53. The van der Waals surface area contributed by atoms with Crippen molar-refractivity contribution in [2.75, 3.05) is 0 Å². The van der Waals surface area contributed by atoms with Gasteiger partial charge in [-0.3, -0.25) is 9.79 Å². The predicted molar refractivity (Wildman–Crippen MR) is 118 cm³/mol. The van der Waals surface area contributed by atoms with E-state index in [0.717, 1.165) is 44.5 Å². The molecule has 0 heterocycles. The minimum atomic E-state index is -4.72. The molecule has 0 radical (unpaired) electrons. The fourth-order valence-corrected chi connectivity index (χ4v) is 4.79. The van der Waals surface area contributed by atoms with Gasteiger partial charge in [0.2, 0.25) is 0 Å². The van der Waals surface area contributed by atoms with Gasteiger partial charge >= 0.3 is 7.82 Å². The lowest BCUT2D eigenvalue weighted by Gasteiger charge is -2.22. The van der Waals surface area contributed by atoms with Crippen molar-refractivity contribution in [3.05, 3.63) is 75.8 Å². The standard InChI is InChI=1S/C24H27O4P/c1-14-10-16(3)22(17(4)11-14)20-8-7-9-21(28-29(25,26)27)24(20)23-18(5)12-15(2)13-19(23)6/h7-13H,1-6H3,(H2,25,26,27). The number of hydrogen-bond donors (Lipinski definition) is 2. The molecule has 0 aliphatic rings. The molecule has 0 spiro atoms. The van der Waals surface area contributed by atoms with Crippen molar-refractivity contribution < 1.29 is 18.9 Å². The summed E-state index contributed by atoms with van der Waals surface area (Å²) >= 11 is 0. The summed E-state index contributed by atoms with van der Waals surface area (Å²) in [7, 11) is -4.72. The summed E-state index contributed by atoms with van der Waals surface area (Å²) in [5, 5.41) is 0. The molecule has 0 atom stereocenters. The van der Waals surface area contributed by atoms with E-state index in [1.165, 1.54) is 5.56 Å². The van der Waals surface area contributed by atoms with Crippen molar-refractivity contribution in [1.29, 1.82) is 0 Å². The zero-order chi connectivity index (χ0) is 21.5. The second-order valence-corrected chi connectivity index (χ2v) is 8.97. The van der Waals surface area contributed by atoms with E-state index in [4.69, 9.17) is 4.52 Å². The fourth-order valence-electron chi connectivity index (χ4n) is 4.38. The van der Waals surface area contributed by atoms with Crippen LogP contribution in [0.1, 0.15) is 33.4 Å². The van der Waals surface area contributed by atoms with Crippen LogP contribution in [0.5, 0.6) is 5.75 Å². The Hall–Kier alpha value is -2.39. The number of phosphoric ester groups is 1. The number of rotatable bonds is 4. The second kappa shape index (κ2) is 7.79. The molecule has 0 bridgehead atoms. The van der Waals surface area contributed by atoms with E-state index in [9.17, 15) is 14.4 Å². The lowest BCUT2D eigenvalue weighted by Crippen LogP contribution is -2.00. The molecule has 29 heavy (non-hydrogen) atoms. The van der Waals surface area contributed by atoms with Gasteiger partial charge in [-0.05, 0) is 86.6 Å². The van der Waals surface area contributed by atoms with Crippen molar-refractivity contribution in [2.45, 2.75) is 41.5 Å². The van der Waals surface area contributed by atoms with Crippen LogP contribution in [0.4, 0.5) is 0 Å². The fraction of sp³-hybridized carbons (Fsp3) is 0.250. The molecule has 3 rings (SSSR count). The zero-order valence-corrected chi connectivity index (χ0v) is 18.6. The van der Waals surface area contributed by atoms with E-state index in [0.29, 0.717) is 5.56 Å². The van der Waals surface area contributed by atoms with E-state index in [1.54, 1.807) is 12.1 Å². The third-order valence-corrected chi connectivity index (χ3v) is 5.55. The Labute approximate surface area is 172 Å². The first-order valence-electron chi connectivity index (χ1n) is 9.52. The Morgan fingerprint density at radius 1 is 0.690 bits per heavy atom. The number of benzene rings is 3. The van der Waals surface area contributed by atoms with Gasteiger partial charge in [-0.1, -0.05) is 47.5 Å². The molecule has 0 saturated carbocycles. The van der Waals surface area contributed by atoms with Crippen molar-refractivity contribution in [2.24, 2.45) is 0 Å². The molecule has 0 saturated heterocycles. The van der Waals surface area contributed by atoms with Crippen LogP contribution in [0, 0.1) is 41.5 Å². The van der Waals surface area contributed by atoms with Crippen molar-refractivity contribution >= 4 is 7.82 Å². The molecule has 4 nitrogen and oxygen atoms in total. The van der Waals surface area contributed by atoms with E-state index in [-0.39, 0.29) is 5.75 Å². The molecule has 152 valence electrons. The summed E-state index contributed by atoms with van der Waals surface area (Å²) < 4.78 is 16.9. The minimum Gasteiger partial charge on any atom is -0.404 e. The summed E-state index contributed by atoms with van der Waals surface area (Å²) in [4.78, 5) is 19.0. The van der Waals surface area contributed by atoms with Gasteiger partial charge in [0.05, 0.1) is 0 Å². The average molecular weight is 410 g/mol. The molecule has 2 N–H and O–H groups in total. The van der Waals surface area contributed by atoms with Crippen LogP contribution >= 0.6 is 7.82 Å². The van der Waals surface area contributed by atoms with E-state index >= 15 is 0 Å². The monoisotopic (exact) mass is 410 g/mol. The highest BCUT2D eigenvalue weighted by atomic mass is 31.2. The highest BCUT2D eigenvalue weighted by Gasteiger charge is 2.24. The van der Waals surface area contributed by atoms with Gasteiger partial charge in [0, 0.05) is 5.56 Å². The maximum Gasteiger partial charge on any atom is 0.524 e. The van der Waals surface area contributed by atoms with Gasteiger partial charge in [0.1, 0.15) is 5.75 Å². The molecule has 0 unspecified atom stereocenters. The SMILES string of the molecule is Cc1cc(C)c(-c2cccc(OP(=O)(O)O)c2-c2c(C)cc(C)cc2C)c(C)c1. The predicted octanol–water partition coefficient (Wildman–Crippen LogP) is 6.34. The van der Waals surface area contributed by atoms with Gasteiger partial charge in [-0.25, -0.2) is 4.57 Å². The minimum absolute atomic E-state index is 0.185. The molecule has 0 aliphatic carbocycles. The number of phosphoric acid groups is 1. The van der Waals surface area contributed by atoms with Crippen molar-refractivity contribution in [3.63, 3.8) is 0 Å². The van der Waals surface area contributed by atoms with Crippen LogP contribution in [0.2, 0.25) is 0 Å². The van der Waals surface area contributed by atoms with E-state index < -0.39 is 7.82 Å². The van der Waals surface area contributed by atoms with Gasteiger partial charge in [0.15, 0.2) is 0 Å². The Balaban J connectivity index is 2.44. The Morgan fingerprint density at radius 3 is 1.59 bits per heavy atom. The highest BCUT2D eigenvalue weighted by molar-refractivity contribution is 7.46. The second-order valence-electron chi connectivity index (χ2n) is 7.81. The van der Waals surface area contributed by atoms with E-state index in [2.05, 4.69) is 45.0 Å². The molecule has 3 aromatic carbocycles. The molecule has 5 heteroatoms. The maximum atomic E-state index is 11.7. The summed E-state index contributed by atoms with van der Waals surface area (Å²) in [5.41, 5.74) is 10.2. The van der Waals surface area contributed by atoms with Crippen LogP contribution in [0.3, 0.4) is 0 Å². The van der Waals surface area contributed by atoms with Crippen LogP contribution in [0.25, 0.3) is 22.3 Å². The molecule has 0 aromatic heterocycles. The molecular weight excluding hydrogens is 383 g/mol. The number of aryl methyl sites for hydroxylation is 6. The van der Waals surface area contributed by atoms with Gasteiger partial charge in [-0.15, -0.1) is 0 Å². The molecule has 0 fully saturated rings. The lowest BCUT2D eigenvalue weighted by molar-refractivity contribution is 0.283. The summed E-state index contributed by atoms with van der Waals surface area (Å²) in [6.45, 7) is 12.3. The van der Waals surface area contributed by atoms with Gasteiger partial charge < -0.3 is 4.52 Å². The topological polar surface area (TPSA) is 66.8 Å². The summed E-state index contributed by atoms with van der Waals surface area (Å²) in [5.74, 6) is 0.185.